The molecule has 0 fully saturated rings. The van der Waals surface area contributed by atoms with Crippen LogP contribution in [0.4, 0.5) is 0 Å². The van der Waals surface area contributed by atoms with Crippen molar-refractivity contribution in [3.63, 3.8) is 0 Å². The molecule has 86 valence electrons. The number of carbonyl (C=O) groups is 1. The van der Waals surface area contributed by atoms with Crippen molar-refractivity contribution in [2.24, 2.45) is 0 Å². The fraction of sp³-hybridized carbons (Fsp3) is 0. The SMILES string of the molecule is O.O.O=Cc1nc(-c2ccc(Cl)cc2)no1. The lowest BCUT2D eigenvalue weighted by molar-refractivity contribution is 0.108. The molecule has 6 nitrogen and oxygen atoms in total. The second kappa shape index (κ2) is 5.96. The molecule has 1 heterocycles. The summed E-state index contributed by atoms with van der Waals surface area (Å²) in [5, 5.41) is 4.26. The van der Waals surface area contributed by atoms with Gasteiger partial charge in [-0.2, -0.15) is 4.98 Å². The van der Waals surface area contributed by atoms with E-state index in [1.54, 1.807) is 24.3 Å². The highest BCUT2D eigenvalue weighted by Gasteiger charge is 2.06. The van der Waals surface area contributed by atoms with E-state index in [0.717, 1.165) is 5.56 Å². The van der Waals surface area contributed by atoms with Crippen LogP contribution in [0.25, 0.3) is 11.4 Å². The van der Waals surface area contributed by atoms with Crippen LogP contribution in [0.3, 0.4) is 0 Å². The van der Waals surface area contributed by atoms with Gasteiger partial charge in [0.15, 0.2) is 0 Å². The number of halogens is 1. The lowest BCUT2D eigenvalue weighted by Crippen LogP contribution is -1.81. The van der Waals surface area contributed by atoms with Crippen molar-refractivity contribution in [3.8, 4) is 11.4 Å². The molecule has 0 unspecified atom stereocenters. The predicted molar refractivity (Wildman–Crippen MR) is 57.4 cm³/mol. The van der Waals surface area contributed by atoms with Crippen LogP contribution in [0.15, 0.2) is 28.8 Å². The summed E-state index contributed by atoms with van der Waals surface area (Å²) in [6.45, 7) is 0. The third-order valence-corrected chi connectivity index (χ3v) is 1.90. The molecule has 0 radical (unpaired) electrons. The second-order valence-electron chi connectivity index (χ2n) is 2.58. The van der Waals surface area contributed by atoms with Crippen molar-refractivity contribution >= 4 is 17.9 Å². The van der Waals surface area contributed by atoms with Crippen LogP contribution in [-0.2, 0) is 0 Å². The Morgan fingerprint density at radius 3 is 2.31 bits per heavy atom. The van der Waals surface area contributed by atoms with E-state index in [-0.39, 0.29) is 16.8 Å². The summed E-state index contributed by atoms with van der Waals surface area (Å²) in [5.41, 5.74) is 0.756. The molecule has 1 aromatic carbocycles. The molecule has 0 atom stereocenters. The van der Waals surface area contributed by atoms with Gasteiger partial charge in [0.05, 0.1) is 0 Å². The summed E-state index contributed by atoms with van der Waals surface area (Å²) in [6, 6.07) is 6.94. The van der Waals surface area contributed by atoms with Crippen LogP contribution in [0.2, 0.25) is 5.02 Å². The third-order valence-electron chi connectivity index (χ3n) is 1.64. The van der Waals surface area contributed by atoms with E-state index in [9.17, 15) is 4.79 Å². The van der Waals surface area contributed by atoms with Crippen LogP contribution in [0, 0.1) is 0 Å². The molecular formula is C9H9ClN2O4. The van der Waals surface area contributed by atoms with Gasteiger partial charge < -0.3 is 15.5 Å². The summed E-state index contributed by atoms with van der Waals surface area (Å²) in [6.07, 6.45) is 0.506. The van der Waals surface area contributed by atoms with Crippen molar-refractivity contribution in [3.05, 3.63) is 35.2 Å². The van der Waals surface area contributed by atoms with E-state index in [1.807, 2.05) is 0 Å². The number of rotatable bonds is 2. The fourth-order valence-electron chi connectivity index (χ4n) is 0.999. The van der Waals surface area contributed by atoms with Gasteiger partial charge in [0.1, 0.15) is 0 Å². The average molecular weight is 245 g/mol. The lowest BCUT2D eigenvalue weighted by Gasteiger charge is -1.92. The van der Waals surface area contributed by atoms with Crippen molar-refractivity contribution in [1.82, 2.24) is 10.1 Å². The Morgan fingerprint density at radius 2 is 1.81 bits per heavy atom. The van der Waals surface area contributed by atoms with Gasteiger partial charge in [-0.3, -0.25) is 4.79 Å². The van der Waals surface area contributed by atoms with Crippen LogP contribution >= 0.6 is 11.6 Å². The molecule has 0 aliphatic rings. The largest absolute Gasteiger partial charge is 0.412 e. The molecule has 7 heteroatoms. The third kappa shape index (κ3) is 2.86. The molecule has 0 spiro atoms. The Bertz CT molecular complexity index is 455. The Hall–Kier alpha value is -1.76. The summed E-state index contributed by atoms with van der Waals surface area (Å²) in [7, 11) is 0. The minimum absolute atomic E-state index is 0. The highest BCUT2D eigenvalue weighted by molar-refractivity contribution is 6.30. The highest BCUT2D eigenvalue weighted by Crippen LogP contribution is 2.17. The number of hydrogen-bond acceptors (Lipinski definition) is 4. The maximum absolute atomic E-state index is 10.3. The second-order valence-corrected chi connectivity index (χ2v) is 3.02. The number of aldehydes is 1. The Labute approximate surface area is 95.5 Å². The molecule has 0 aliphatic heterocycles. The predicted octanol–water partition coefficient (Wildman–Crippen LogP) is 0.553. The number of aromatic nitrogens is 2. The first-order valence-electron chi connectivity index (χ1n) is 3.84. The van der Waals surface area contributed by atoms with Gasteiger partial charge in [0, 0.05) is 10.6 Å². The van der Waals surface area contributed by atoms with Crippen molar-refractivity contribution in [2.75, 3.05) is 0 Å². The summed E-state index contributed by atoms with van der Waals surface area (Å²) < 4.78 is 4.64. The van der Waals surface area contributed by atoms with Crippen molar-refractivity contribution in [2.45, 2.75) is 0 Å². The van der Waals surface area contributed by atoms with Gasteiger partial charge in [-0.15, -0.1) is 0 Å². The molecule has 16 heavy (non-hydrogen) atoms. The number of nitrogens with zero attached hydrogens (tertiary/aromatic N) is 2. The van der Waals surface area contributed by atoms with Crippen LogP contribution in [0.1, 0.15) is 10.7 Å². The lowest BCUT2D eigenvalue weighted by atomic mass is 10.2. The molecule has 0 saturated carbocycles. The maximum atomic E-state index is 10.3. The monoisotopic (exact) mass is 244 g/mol. The Morgan fingerprint density at radius 1 is 1.19 bits per heavy atom. The van der Waals surface area contributed by atoms with E-state index in [1.165, 1.54) is 0 Å². The van der Waals surface area contributed by atoms with E-state index < -0.39 is 0 Å². The van der Waals surface area contributed by atoms with Crippen molar-refractivity contribution in [1.29, 1.82) is 0 Å². The van der Waals surface area contributed by atoms with E-state index in [2.05, 4.69) is 14.7 Å². The first-order valence-corrected chi connectivity index (χ1v) is 4.22. The standard InChI is InChI=1S/C9H5ClN2O2.2H2O/c10-7-3-1-6(2-4-7)9-11-8(5-13)14-12-9;;/h1-5H;2*1H2. The molecule has 2 rings (SSSR count). The molecule has 0 saturated heterocycles. The highest BCUT2D eigenvalue weighted by atomic mass is 35.5. The smallest absolute Gasteiger partial charge is 0.291 e. The zero-order chi connectivity index (χ0) is 9.97. The van der Waals surface area contributed by atoms with Crippen molar-refractivity contribution < 1.29 is 20.3 Å². The van der Waals surface area contributed by atoms with Gasteiger partial charge in [-0.25, -0.2) is 0 Å². The van der Waals surface area contributed by atoms with E-state index in [4.69, 9.17) is 11.6 Å². The molecule has 0 aliphatic carbocycles. The Kier molecular flexibility index (Phi) is 5.31. The number of carbonyl (C=O) groups excluding carboxylic acids is 1. The van der Waals surface area contributed by atoms with Crippen LogP contribution in [-0.4, -0.2) is 27.4 Å². The first-order chi connectivity index (χ1) is 6.79. The molecule has 1 aromatic heterocycles. The number of benzene rings is 1. The Balaban J connectivity index is 0.00000112. The van der Waals surface area contributed by atoms with Gasteiger partial charge in [0.2, 0.25) is 12.1 Å². The molecule has 0 amide bonds. The van der Waals surface area contributed by atoms with E-state index >= 15 is 0 Å². The first kappa shape index (κ1) is 14.2. The fourth-order valence-corrected chi connectivity index (χ4v) is 1.13. The van der Waals surface area contributed by atoms with Crippen LogP contribution in [0.5, 0.6) is 0 Å². The quantitative estimate of drug-likeness (QED) is 0.717. The maximum Gasteiger partial charge on any atom is 0.291 e. The zero-order valence-corrected chi connectivity index (χ0v) is 8.73. The summed E-state index contributed by atoms with van der Waals surface area (Å²) in [4.78, 5) is 14.1. The minimum atomic E-state index is -0.0325. The normalized spacial score (nSPS) is 8.81. The number of hydrogen-bond donors (Lipinski definition) is 0. The van der Waals surface area contributed by atoms with Gasteiger partial charge in [0.25, 0.3) is 5.89 Å². The summed E-state index contributed by atoms with van der Waals surface area (Å²) >= 11 is 5.71. The summed E-state index contributed by atoms with van der Waals surface area (Å²) in [5.74, 6) is 0.346. The van der Waals surface area contributed by atoms with Gasteiger partial charge in [-0.1, -0.05) is 16.8 Å². The molecule has 2 aromatic rings. The molecule has 0 bridgehead atoms. The minimum Gasteiger partial charge on any atom is -0.412 e. The average Bonchev–Trinajstić information content (AvgIpc) is 2.67. The van der Waals surface area contributed by atoms with Gasteiger partial charge >= 0.3 is 0 Å². The van der Waals surface area contributed by atoms with E-state index in [0.29, 0.717) is 17.1 Å². The molecule has 4 N–H and O–H groups in total. The van der Waals surface area contributed by atoms with Gasteiger partial charge in [-0.05, 0) is 24.3 Å². The topological polar surface area (TPSA) is 119 Å². The molecular weight excluding hydrogens is 236 g/mol. The zero-order valence-electron chi connectivity index (χ0n) is 7.98. The van der Waals surface area contributed by atoms with Crippen LogP contribution < -0.4 is 0 Å².